The number of hydrogen-bond donors (Lipinski definition) is 0. The van der Waals surface area contributed by atoms with Crippen molar-refractivity contribution in [2.24, 2.45) is 5.10 Å². The van der Waals surface area contributed by atoms with Gasteiger partial charge in [0.15, 0.2) is 0 Å². The summed E-state index contributed by atoms with van der Waals surface area (Å²) in [5.74, 6) is 1.27. The van der Waals surface area contributed by atoms with Crippen LogP contribution in [0.4, 0.5) is 0 Å². The predicted molar refractivity (Wildman–Crippen MR) is 111 cm³/mol. The summed E-state index contributed by atoms with van der Waals surface area (Å²) in [4.78, 5) is 19.5. The van der Waals surface area contributed by atoms with E-state index in [9.17, 15) is 4.79 Å². The summed E-state index contributed by atoms with van der Waals surface area (Å²) < 4.78 is 12.8. The molecule has 0 N–H and O–H groups in total. The van der Waals surface area contributed by atoms with Crippen molar-refractivity contribution in [3.8, 4) is 11.5 Å². The normalized spacial score (nSPS) is 13.9. The van der Waals surface area contributed by atoms with Crippen molar-refractivity contribution in [2.45, 2.75) is 25.7 Å². The fourth-order valence-corrected chi connectivity index (χ4v) is 5.07. The third kappa shape index (κ3) is 3.27. The molecule has 0 aliphatic heterocycles. The Bertz CT molecular complexity index is 1100. The Morgan fingerprint density at radius 2 is 2.00 bits per heavy atom. The summed E-state index contributed by atoms with van der Waals surface area (Å²) >= 11 is 5.09. The van der Waals surface area contributed by atoms with Crippen LogP contribution in [0.25, 0.3) is 10.2 Å². The standard InChI is InChI=1S/C19H18BrN3O3S/c1-25-14-8-15(26-2)13(20)7-11(14)9-22-23-10-21-18-17(19(23)24)12-5-3-4-6-16(12)27-18/h7-10H,3-6H2,1-2H3. The summed E-state index contributed by atoms with van der Waals surface area (Å²) in [6.07, 6.45) is 7.35. The van der Waals surface area contributed by atoms with Crippen LogP contribution in [0.15, 0.2) is 32.8 Å². The molecule has 0 unspecified atom stereocenters. The Morgan fingerprint density at radius 1 is 1.22 bits per heavy atom. The Morgan fingerprint density at radius 3 is 2.78 bits per heavy atom. The molecule has 27 heavy (non-hydrogen) atoms. The van der Waals surface area contributed by atoms with Gasteiger partial charge in [0, 0.05) is 16.5 Å². The SMILES string of the molecule is COc1cc(OC)c(C=Nn2cnc3sc4c(c3c2=O)CCCC4)cc1Br. The largest absolute Gasteiger partial charge is 0.496 e. The monoisotopic (exact) mass is 447 g/mol. The van der Waals surface area contributed by atoms with E-state index in [1.165, 1.54) is 22.3 Å². The molecule has 1 aromatic carbocycles. The van der Waals surface area contributed by atoms with E-state index >= 15 is 0 Å². The van der Waals surface area contributed by atoms with E-state index in [0.717, 1.165) is 45.1 Å². The fraction of sp³-hybridized carbons (Fsp3) is 0.316. The lowest BCUT2D eigenvalue weighted by Crippen LogP contribution is -2.18. The third-order valence-electron chi connectivity index (χ3n) is 4.68. The highest BCUT2D eigenvalue weighted by Gasteiger charge is 2.19. The molecular weight excluding hydrogens is 430 g/mol. The highest BCUT2D eigenvalue weighted by Crippen LogP contribution is 2.34. The lowest BCUT2D eigenvalue weighted by Gasteiger charge is -2.10. The minimum Gasteiger partial charge on any atom is -0.496 e. The average Bonchev–Trinajstić information content (AvgIpc) is 3.07. The average molecular weight is 448 g/mol. The summed E-state index contributed by atoms with van der Waals surface area (Å²) in [5, 5.41) is 5.06. The second-order valence-corrected chi connectivity index (χ2v) is 8.20. The van der Waals surface area contributed by atoms with Crippen LogP contribution < -0.4 is 15.0 Å². The molecule has 4 rings (SSSR count). The van der Waals surface area contributed by atoms with E-state index < -0.39 is 0 Å². The first-order valence-corrected chi connectivity index (χ1v) is 10.2. The number of fused-ring (bicyclic) bond motifs is 3. The zero-order chi connectivity index (χ0) is 19.0. The molecule has 0 spiro atoms. The van der Waals surface area contributed by atoms with Crippen molar-refractivity contribution in [3.05, 3.63) is 49.3 Å². The van der Waals surface area contributed by atoms with Gasteiger partial charge in [0.25, 0.3) is 5.56 Å². The van der Waals surface area contributed by atoms with Gasteiger partial charge >= 0.3 is 0 Å². The molecule has 0 amide bonds. The van der Waals surface area contributed by atoms with Crippen molar-refractivity contribution < 1.29 is 9.47 Å². The smallest absolute Gasteiger partial charge is 0.282 e. The number of ether oxygens (including phenoxy) is 2. The van der Waals surface area contributed by atoms with Crippen LogP contribution in [-0.4, -0.2) is 30.1 Å². The number of aryl methyl sites for hydroxylation is 2. The number of aromatic nitrogens is 2. The van der Waals surface area contributed by atoms with E-state index in [0.29, 0.717) is 11.5 Å². The molecule has 8 heteroatoms. The maximum Gasteiger partial charge on any atom is 0.282 e. The van der Waals surface area contributed by atoms with Gasteiger partial charge in [-0.25, -0.2) is 4.98 Å². The summed E-state index contributed by atoms with van der Waals surface area (Å²) in [6, 6.07) is 3.61. The van der Waals surface area contributed by atoms with Crippen molar-refractivity contribution >= 4 is 43.7 Å². The Labute approximate surface area is 168 Å². The Kier molecular flexibility index (Phi) is 5.01. The minimum atomic E-state index is -0.123. The van der Waals surface area contributed by atoms with Gasteiger partial charge in [0.1, 0.15) is 22.7 Å². The van der Waals surface area contributed by atoms with Gasteiger partial charge in [-0.15, -0.1) is 11.3 Å². The number of hydrogen-bond acceptors (Lipinski definition) is 6. The lowest BCUT2D eigenvalue weighted by atomic mass is 9.97. The van der Waals surface area contributed by atoms with Crippen LogP contribution >= 0.6 is 27.3 Å². The predicted octanol–water partition coefficient (Wildman–Crippen LogP) is 4.00. The van der Waals surface area contributed by atoms with Gasteiger partial charge in [-0.3, -0.25) is 4.79 Å². The first-order chi connectivity index (χ1) is 13.1. The van der Waals surface area contributed by atoms with Crippen LogP contribution in [0.1, 0.15) is 28.8 Å². The van der Waals surface area contributed by atoms with E-state index in [1.807, 2.05) is 6.07 Å². The van der Waals surface area contributed by atoms with Gasteiger partial charge in [0.2, 0.25) is 0 Å². The molecule has 0 radical (unpaired) electrons. The molecule has 0 fully saturated rings. The molecule has 0 atom stereocenters. The van der Waals surface area contributed by atoms with Crippen molar-refractivity contribution in [1.29, 1.82) is 0 Å². The first kappa shape index (κ1) is 18.2. The van der Waals surface area contributed by atoms with Crippen LogP contribution in [0.5, 0.6) is 11.5 Å². The van der Waals surface area contributed by atoms with Crippen molar-refractivity contribution in [2.75, 3.05) is 14.2 Å². The van der Waals surface area contributed by atoms with Gasteiger partial charge in [-0.2, -0.15) is 9.78 Å². The number of methoxy groups -OCH3 is 2. The molecule has 2 aromatic heterocycles. The van der Waals surface area contributed by atoms with E-state index in [-0.39, 0.29) is 5.56 Å². The van der Waals surface area contributed by atoms with Gasteiger partial charge in [-0.1, -0.05) is 0 Å². The number of halogens is 1. The molecule has 0 saturated heterocycles. The first-order valence-electron chi connectivity index (χ1n) is 8.60. The highest BCUT2D eigenvalue weighted by atomic mass is 79.9. The van der Waals surface area contributed by atoms with Crippen LogP contribution in [0.2, 0.25) is 0 Å². The third-order valence-corrected chi connectivity index (χ3v) is 6.50. The fourth-order valence-electron chi connectivity index (χ4n) is 3.33. The maximum absolute atomic E-state index is 13.0. The second kappa shape index (κ2) is 7.44. The minimum absolute atomic E-state index is 0.123. The quantitative estimate of drug-likeness (QED) is 0.566. The number of rotatable bonds is 4. The van der Waals surface area contributed by atoms with Crippen molar-refractivity contribution in [3.63, 3.8) is 0 Å². The highest BCUT2D eigenvalue weighted by molar-refractivity contribution is 9.10. The van der Waals surface area contributed by atoms with Crippen LogP contribution in [-0.2, 0) is 12.8 Å². The molecule has 0 saturated carbocycles. The lowest BCUT2D eigenvalue weighted by molar-refractivity contribution is 0.392. The maximum atomic E-state index is 13.0. The second-order valence-electron chi connectivity index (χ2n) is 6.26. The zero-order valence-corrected chi connectivity index (χ0v) is 17.4. The molecular formula is C19H18BrN3O3S. The topological polar surface area (TPSA) is 65.7 Å². The molecule has 6 nitrogen and oxygen atoms in total. The molecule has 2 heterocycles. The van der Waals surface area contributed by atoms with E-state index in [2.05, 4.69) is 26.0 Å². The summed E-state index contributed by atoms with van der Waals surface area (Å²) in [6.45, 7) is 0. The molecule has 0 bridgehead atoms. The molecule has 140 valence electrons. The Balaban J connectivity index is 1.77. The number of nitrogens with zero attached hydrogens (tertiary/aromatic N) is 3. The van der Waals surface area contributed by atoms with E-state index in [4.69, 9.17) is 9.47 Å². The number of benzene rings is 1. The Hall–Kier alpha value is -2.19. The van der Waals surface area contributed by atoms with E-state index in [1.54, 1.807) is 37.8 Å². The zero-order valence-electron chi connectivity index (χ0n) is 15.0. The van der Waals surface area contributed by atoms with Crippen LogP contribution in [0.3, 0.4) is 0 Å². The van der Waals surface area contributed by atoms with Crippen molar-refractivity contribution in [1.82, 2.24) is 9.66 Å². The molecule has 1 aliphatic carbocycles. The number of thiophene rings is 1. The van der Waals surface area contributed by atoms with Gasteiger partial charge < -0.3 is 9.47 Å². The van der Waals surface area contributed by atoms with Gasteiger partial charge in [-0.05, 0) is 53.2 Å². The summed E-state index contributed by atoms with van der Waals surface area (Å²) in [7, 11) is 3.17. The molecule has 3 aromatic rings. The molecule has 1 aliphatic rings. The van der Waals surface area contributed by atoms with Gasteiger partial charge in [0.05, 0.1) is 30.3 Å². The van der Waals surface area contributed by atoms with Crippen LogP contribution in [0, 0.1) is 0 Å². The summed E-state index contributed by atoms with van der Waals surface area (Å²) in [5.41, 5.74) is 1.76.